The van der Waals surface area contributed by atoms with Gasteiger partial charge in [-0.1, -0.05) is 25.1 Å². The standard InChI is InChI=1S/C15H22ClN3/c1-3-12(16)9-10-17-11-14-13-7-5-6-8-15(13)19(4-2)18-14/h5-8,12,17H,3-4,9-11H2,1-2H3. The molecule has 104 valence electrons. The van der Waals surface area contributed by atoms with Crippen LogP contribution in [0.25, 0.3) is 10.9 Å². The summed E-state index contributed by atoms with van der Waals surface area (Å²) < 4.78 is 2.06. The monoisotopic (exact) mass is 279 g/mol. The molecule has 1 unspecified atom stereocenters. The molecule has 0 fully saturated rings. The van der Waals surface area contributed by atoms with Crippen LogP contribution >= 0.6 is 11.6 Å². The van der Waals surface area contributed by atoms with E-state index in [2.05, 4.69) is 53.2 Å². The Bertz CT molecular complexity index is 521. The zero-order chi connectivity index (χ0) is 13.7. The van der Waals surface area contributed by atoms with Crippen LogP contribution < -0.4 is 5.32 Å². The van der Waals surface area contributed by atoms with E-state index >= 15 is 0 Å². The molecule has 1 aromatic carbocycles. The number of rotatable bonds is 7. The molecule has 0 aliphatic rings. The number of alkyl halides is 1. The predicted molar refractivity (Wildman–Crippen MR) is 81.7 cm³/mol. The Morgan fingerprint density at radius 3 is 2.84 bits per heavy atom. The van der Waals surface area contributed by atoms with Gasteiger partial charge in [-0.3, -0.25) is 4.68 Å². The van der Waals surface area contributed by atoms with E-state index in [0.29, 0.717) is 0 Å². The first-order valence-electron chi connectivity index (χ1n) is 7.05. The second-order valence-electron chi connectivity index (χ2n) is 4.75. The Hall–Kier alpha value is -1.06. The number of hydrogen-bond acceptors (Lipinski definition) is 2. The SMILES string of the molecule is CCC(Cl)CCNCc1nn(CC)c2ccccc12. The number of halogens is 1. The first-order chi connectivity index (χ1) is 9.26. The lowest BCUT2D eigenvalue weighted by molar-refractivity contribution is 0.600. The maximum atomic E-state index is 6.11. The van der Waals surface area contributed by atoms with E-state index in [1.807, 2.05) is 0 Å². The van der Waals surface area contributed by atoms with E-state index in [4.69, 9.17) is 11.6 Å². The zero-order valence-corrected chi connectivity index (χ0v) is 12.5. The fourth-order valence-electron chi connectivity index (χ4n) is 2.24. The summed E-state index contributed by atoms with van der Waals surface area (Å²) in [5.41, 5.74) is 2.34. The largest absolute Gasteiger partial charge is 0.311 e. The van der Waals surface area contributed by atoms with Crippen molar-refractivity contribution in [2.75, 3.05) is 6.54 Å². The minimum Gasteiger partial charge on any atom is -0.311 e. The second kappa shape index (κ2) is 6.92. The number of hydrogen-bond donors (Lipinski definition) is 1. The highest BCUT2D eigenvalue weighted by Crippen LogP contribution is 2.18. The van der Waals surface area contributed by atoms with Gasteiger partial charge in [-0.05, 0) is 32.4 Å². The Labute approximate surface area is 119 Å². The molecule has 0 saturated carbocycles. The minimum absolute atomic E-state index is 0.275. The average molecular weight is 280 g/mol. The Morgan fingerprint density at radius 2 is 2.11 bits per heavy atom. The van der Waals surface area contributed by atoms with Crippen LogP contribution in [-0.4, -0.2) is 21.7 Å². The van der Waals surface area contributed by atoms with Crippen molar-refractivity contribution in [2.45, 2.75) is 45.2 Å². The van der Waals surface area contributed by atoms with Crippen molar-refractivity contribution in [1.82, 2.24) is 15.1 Å². The maximum Gasteiger partial charge on any atom is 0.0841 e. The van der Waals surface area contributed by atoms with Crippen LogP contribution in [0.15, 0.2) is 24.3 Å². The molecule has 3 nitrogen and oxygen atoms in total. The molecular weight excluding hydrogens is 258 g/mol. The molecule has 0 amide bonds. The van der Waals surface area contributed by atoms with E-state index in [-0.39, 0.29) is 5.38 Å². The third-order valence-electron chi connectivity index (χ3n) is 3.40. The predicted octanol–water partition coefficient (Wildman–Crippen LogP) is 3.55. The quantitative estimate of drug-likeness (QED) is 0.620. The average Bonchev–Trinajstić information content (AvgIpc) is 2.81. The van der Waals surface area contributed by atoms with Crippen molar-refractivity contribution in [3.63, 3.8) is 0 Å². The topological polar surface area (TPSA) is 29.9 Å². The summed E-state index contributed by atoms with van der Waals surface area (Å²) in [5, 5.41) is 9.62. The van der Waals surface area contributed by atoms with Crippen LogP contribution in [0.2, 0.25) is 0 Å². The van der Waals surface area contributed by atoms with Gasteiger partial charge in [-0.15, -0.1) is 11.6 Å². The number of benzene rings is 1. The highest BCUT2D eigenvalue weighted by Gasteiger charge is 2.08. The lowest BCUT2D eigenvalue weighted by Crippen LogP contribution is -2.18. The summed E-state index contributed by atoms with van der Waals surface area (Å²) in [6.07, 6.45) is 2.03. The molecule has 2 aromatic rings. The van der Waals surface area contributed by atoms with Crippen LogP contribution in [0.1, 0.15) is 32.4 Å². The number of aryl methyl sites for hydroxylation is 1. The number of nitrogens with one attached hydrogen (secondary N) is 1. The molecule has 1 N–H and O–H groups in total. The minimum atomic E-state index is 0.275. The van der Waals surface area contributed by atoms with E-state index in [1.54, 1.807) is 0 Å². The summed E-state index contributed by atoms with van der Waals surface area (Å²) in [6.45, 7) is 6.89. The molecule has 19 heavy (non-hydrogen) atoms. The van der Waals surface area contributed by atoms with Crippen molar-refractivity contribution in [1.29, 1.82) is 0 Å². The summed E-state index contributed by atoms with van der Waals surface area (Å²) in [7, 11) is 0. The molecule has 2 rings (SSSR count). The van der Waals surface area contributed by atoms with Gasteiger partial charge in [-0.25, -0.2) is 0 Å². The van der Waals surface area contributed by atoms with Gasteiger partial charge in [0.15, 0.2) is 0 Å². The van der Waals surface area contributed by atoms with Crippen LogP contribution in [0.4, 0.5) is 0 Å². The number of para-hydroxylation sites is 1. The lowest BCUT2D eigenvalue weighted by Gasteiger charge is -2.06. The molecule has 4 heteroatoms. The molecule has 0 aliphatic carbocycles. The molecular formula is C15H22ClN3. The van der Waals surface area contributed by atoms with E-state index < -0.39 is 0 Å². The smallest absolute Gasteiger partial charge is 0.0841 e. The molecule has 1 heterocycles. The molecule has 1 aromatic heterocycles. The molecule has 0 saturated heterocycles. The van der Waals surface area contributed by atoms with Gasteiger partial charge in [-0.2, -0.15) is 5.10 Å². The van der Waals surface area contributed by atoms with Crippen LogP contribution in [-0.2, 0) is 13.1 Å². The molecule has 0 aliphatic heterocycles. The fraction of sp³-hybridized carbons (Fsp3) is 0.533. The van der Waals surface area contributed by atoms with Gasteiger partial charge in [0.05, 0.1) is 11.2 Å². The first kappa shape index (κ1) is 14.4. The van der Waals surface area contributed by atoms with Crippen molar-refractivity contribution in [3.8, 4) is 0 Å². The summed E-state index contributed by atoms with van der Waals surface area (Å²) >= 11 is 6.11. The third kappa shape index (κ3) is 3.48. The summed E-state index contributed by atoms with van der Waals surface area (Å²) in [6, 6.07) is 8.40. The van der Waals surface area contributed by atoms with Crippen molar-refractivity contribution in [3.05, 3.63) is 30.0 Å². The lowest BCUT2D eigenvalue weighted by atomic mass is 10.2. The molecule has 0 radical (unpaired) electrons. The fourth-order valence-corrected chi connectivity index (χ4v) is 2.35. The normalized spacial score (nSPS) is 13.0. The van der Waals surface area contributed by atoms with Gasteiger partial charge < -0.3 is 5.32 Å². The molecule has 0 spiro atoms. The first-order valence-corrected chi connectivity index (χ1v) is 7.49. The highest BCUT2D eigenvalue weighted by atomic mass is 35.5. The Morgan fingerprint density at radius 1 is 1.32 bits per heavy atom. The van der Waals surface area contributed by atoms with Crippen molar-refractivity contribution >= 4 is 22.5 Å². The van der Waals surface area contributed by atoms with Gasteiger partial charge in [0.25, 0.3) is 0 Å². The highest BCUT2D eigenvalue weighted by molar-refractivity contribution is 6.20. The van der Waals surface area contributed by atoms with Crippen LogP contribution in [0, 0.1) is 0 Å². The summed E-state index contributed by atoms with van der Waals surface area (Å²) in [4.78, 5) is 0. The van der Waals surface area contributed by atoms with Gasteiger partial charge in [0.2, 0.25) is 0 Å². The van der Waals surface area contributed by atoms with E-state index in [1.165, 1.54) is 10.9 Å². The number of nitrogens with zero attached hydrogens (tertiary/aromatic N) is 2. The van der Waals surface area contributed by atoms with Crippen molar-refractivity contribution < 1.29 is 0 Å². The maximum absolute atomic E-state index is 6.11. The number of fused-ring (bicyclic) bond motifs is 1. The van der Waals surface area contributed by atoms with E-state index in [0.717, 1.165) is 38.2 Å². The molecule has 0 bridgehead atoms. The van der Waals surface area contributed by atoms with Gasteiger partial charge >= 0.3 is 0 Å². The van der Waals surface area contributed by atoms with Crippen LogP contribution in [0.3, 0.4) is 0 Å². The summed E-state index contributed by atoms with van der Waals surface area (Å²) in [5.74, 6) is 0. The number of aromatic nitrogens is 2. The Kier molecular flexibility index (Phi) is 5.23. The molecule has 1 atom stereocenters. The van der Waals surface area contributed by atoms with E-state index in [9.17, 15) is 0 Å². The van der Waals surface area contributed by atoms with Crippen molar-refractivity contribution in [2.24, 2.45) is 0 Å². The second-order valence-corrected chi connectivity index (χ2v) is 5.37. The third-order valence-corrected chi connectivity index (χ3v) is 3.93. The van der Waals surface area contributed by atoms with Crippen LogP contribution in [0.5, 0.6) is 0 Å². The van der Waals surface area contributed by atoms with Gasteiger partial charge in [0.1, 0.15) is 0 Å². The zero-order valence-electron chi connectivity index (χ0n) is 11.7. The van der Waals surface area contributed by atoms with Gasteiger partial charge in [0, 0.05) is 23.9 Å². The Balaban J connectivity index is 2.00.